The van der Waals surface area contributed by atoms with Gasteiger partial charge in [-0.15, -0.1) is 24.0 Å². The minimum atomic E-state index is 0. The van der Waals surface area contributed by atoms with Crippen molar-refractivity contribution in [3.8, 4) is 0 Å². The van der Waals surface area contributed by atoms with Gasteiger partial charge in [-0.2, -0.15) is 0 Å². The van der Waals surface area contributed by atoms with Crippen molar-refractivity contribution in [2.45, 2.75) is 33.9 Å². The Labute approximate surface area is 168 Å². The van der Waals surface area contributed by atoms with Crippen LogP contribution in [0, 0.1) is 6.92 Å². The van der Waals surface area contributed by atoms with Crippen LogP contribution in [0.25, 0.3) is 0 Å². The zero-order valence-corrected chi connectivity index (χ0v) is 17.7. The van der Waals surface area contributed by atoms with Crippen molar-refractivity contribution in [3.05, 3.63) is 65.2 Å². The first-order chi connectivity index (χ1) is 11.6. The molecule has 4 nitrogen and oxygen atoms in total. The largest absolute Gasteiger partial charge is 0.370 e. The molecule has 0 saturated carbocycles. The lowest BCUT2D eigenvalue weighted by atomic mass is 10.1. The number of hydrogen-bond donors (Lipinski definition) is 2. The lowest BCUT2D eigenvalue weighted by Crippen LogP contribution is -2.22. The second-order valence-electron chi connectivity index (χ2n) is 5.97. The molecular weight excluding hydrogens is 423 g/mol. The van der Waals surface area contributed by atoms with Gasteiger partial charge in [0.1, 0.15) is 0 Å². The lowest BCUT2D eigenvalue weighted by Gasteiger charge is -2.17. The summed E-state index contributed by atoms with van der Waals surface area (Å²) in [6, 6.07) is 16.7. The Morgan fingerprint density at radius 3 is 2.08 bits per heavy atom. The fraction of sp³-hybridized carbons (Fsp3) is 0.350. The highest BCUT2D eigenvalue weighted by molar-refractivity contribution is 14.0. The summed E-state index contributed by atoms with van der Waals surface area (Å²) in [6.07, 6.45) is 0. The Morgan fingerprint density at radius 2 is 1.52 bits per heavy atom. The van der Waals surface area contributed by atoms with Gasteiger partial charge in [0.25, 0.3) is 0 Å². The van der Waals surface area contributed by atoms with Crippen molar-refractivity contribution >= 4 is 35.6 Å². The van der Waals surface area contributed by atoms with Crippen LogP contribution >= 0.6 is 24.0 Å². The van der Waals surface area contributed by atoms with E-state index < -0.39 is 0 Å². The minimum Gasteiger partial charge on any atom is -0.370 e. The highest BCUT2D eigenvalue weighted by atomic mass is 127. The molecule has 3 N–H and O–H groups in total. The summed E-state index contributed by atoms with van der Waals surface area (Å²) in [6.45, 7) is 10.2. The van der Waals surface area contributed by atoms with Gasteiger partial charge in [-0.3, -0.25) is 4.90 Å². The Bertz CT molecular complexity index is 646. The molecule has 0 bridgehead atoms. The maximum absolute atomic E-state index is 5.96. The van der Waals surface area contributed by atoms with Crippen molar-refractivity contribution in [2.24, 2.45) is 10.7 Å². The summed E-state index contributed by atoms with van der Waals surface area (Å²) in [5.41, 5.74) is 10.6. The fourth-order valence-electron chi connectivity index (χ4n) is 2.46. The molecule has 0 aliphatic heterocycles. The quantitative estimate of drug-likeness (QED) is 0.373. The maximum atomic E-state index is 5.96. The summed E-state index contributed by atoms with van der Waals surface area (Å²) < 4.78 is 0. The number of anilines is 1. The van der Waals surface area contributed by atoms with E-state index >= 15 is 0 Å². The summed E-state index contributed by atoms with van der Waals surface area (Å²) in [5, 5.41) is 3.11. The molecule has 0 radical (unpaired) electrons. The van der Waals surface area contributed by atoms with E-state index in [2.05, 4.69) is 60.2 Å². The predicted octanol–water partition coefficient (Wildman–Crippen LogP) is 4.38. The third-order valence-electron chi connectivity index (χ3n) is 4.08. The average molecular weight is 452 g/mol. The van der Waals surface area contributed by atoms with Crippen LogP contribution in [0.3, 0.4) is 0 Å². The van der Waals surface area contributed by atoms with E-state index in [1.165, 1.54) is 11.1 Å². The highest BCUT2D eigenvalue weighted by Gasteiger charge is 2.01. The second-order valence-corrected chi connectivity index (χ2v) is 5.97. The number of nitrogens with one attached hydrogen (secondary N) is 1. The average Bonchev–Trinajstić information content (AvgIpc) is 2.61. The van der Waals surface area contributed by atoms with Gasteiger partial charge in [-0.05, 0) is 43.3 Å². The van der Waals surface area contributed by atoms with Crippen molar-refractivity contribution in [3.63, 3.8) is 0 Å². The number of nitrogens with zero attached hydrogens (tertiary/aromatic N) is 2. The molecule has 2 aromatic rings. The van der Waals surface area contributed by atoms with Crippen LogP contribution in [0.1, 0.15) is 30.5 Å². The van der Waals surface area contributed by atoms with Crippen molar-refractivity contribution in [1.82, 2.24) is 4.90 Å². The molecule has 0 amide bonds. The molecule has 25 heavy (non-hydrogen) atoms. The number of benzene rings is 2. The second kappa shape index (κ2) is 11.1. The smallest absolute Gasteiger partial charge is 0.193 e. The number of aryl methyl sites for hydroxylation is 1. The summed E-state index contributed by atoms with van der Waals surface area (Å²) in [4.78, 5) is 6.81. The third-order valence-corrected chi connectivity index (χ3v) is 4.08. The first-order valence-electron chi connectivity index (χ1n) is 8.54. The number of nitrogens with two attached hydrogens (primary N) is 1. The Hall–Kier alpha value is -1.60. The van der Waals surface area contributed by atoms with Crippen LogP contribution < -0.4 is 11.1 Å². The van der Waals surface area contributed by atoms with Gasteiger partial charge in [0.05, 0.1) is 6.54 Å². The van der Waals surface area contributed by atoms with Crippen LogP contribution in [0.2, 0.25) is 0 Å². The monoisotopic (exact) mass is 452 g/mol. The van der Waals surface area contributed by atoms with Gasteiger partial charge in [0, 0.05) is 12.2 Å². The van der Waals surface area contributed by atoms with E-state index in [0.717, 1.165) is 30.9 Å². The van der Waals surface area contributed by atoms with Gasteiger partial charge in [-0.1, -0.05) is 55.8 Å². The Morgan fingerprint density at radius 1 is 0.960 bits per heavy atom. The SMILES string of the molecule is CCN(CC)Cc1ccc(CN=C(N)Nc2ccc(C)cc2)cc1.I. The molecular formula is C20H29IN4. The van der Waals surface area contributed by atoms with Gasteiger partial charge < -0.3 is 11.1 Å². The number of rotatable bonds is 7. The van der Waals surface area contributed by atoms with E-state index in [4.69, 9.17) is 5.73 Å². The summed E-state index contributed by atoms with van der Waals surface area (Å²) in [5.74, 6) is 0.436. The zero-order chi connectivity index (χ0) is 17.4. The molecule has 2 aromatic carbocycles. The molecule has 136 valence electrons. The standard InChI is InChI=1S/C20H28N4.HI/c1-4-24(5-2)15-18-10-8-17(9-11-18)14-22-20(21)23-19-12-6-16(3)7-13-19;/h6-13H,4-5,14-15H2,1-3H3,(H3,21,22,23);1H. The molecule has 0 aliphatic carbocycles. The molecule has 5 heteroatoms. The van der Waals surface area contributed by atoms with E-state index in [9.17, 15) is 0 Å². The van der Waals surface area contributed by atoms with Gasteiger partial charge in [0.2, 0.25) is 0 Å². The van der Waals surface area contributed by atoms with E-state index in [-0.39, 0.29) is 24.0 Å². The molecule has 0 fully saturated rings. The van der Waals surface area contributed by atoms with E-state index in [0.29, 0.717) is 12.5 Å². The number of halogens is 1. The van der Waals surface area contributed by atoms with Gasteiger partial charge in [-0.25, -0.2) is 4.99 Å². The first-order valence-corrected chi connectivity index (χ1v) is 8.54. The highest BCUT2D eigenvalue weighted by Crippen LogP contribution is 2.10. The summed E-state index contributed by atoms with van der Waals surface area (Å²) >= 11 is 0. The minimum absolute atomic E-state index is 0. The van der Waals surface area contributed by atoms with Crippen LogP contribution in [0.15, 0.2) is 53.5 Å². The number of hydrogen-bond acceptors (Lipinski definition) is 2. The van der Waals surface area contributed by atoms with Crippen LogP contribution in [0.4, 0.5) is 5.69 Å². The number of guanidine groups is 1. The fourth-order valence-corrected chi connectivity index (χ4v) is 2.46. The molecule has 0 atom stereocenters. The first kappa shape index (κ1) is 21.4. The normalized spacial score (nSPS) is 11.3. The van der Waals surface area contributed by atoms with Crippen LogP contribution in [-0.2, 0) is 13.1 Å². The van der Waals surface area contributed by atoms with Gasteiger partial charge >= 0.3 is 0 Å². The van der Waals surface area contributed by atoms with E-state index in [1.807, 2.05) is 24.3 Å². The summed E-state index contributed by atoms with van der Waals surface area (Å²) in [7, 11) is 0. The Kier molecular flexibility index (Phi) is 9.52. The predicted molar refractivity (Wildman–Crippen MR) is 119 cm³/mol. The topological polar surface area (TPSA) is 53.6 Å². The molecule has 0 saturated heterocycles. The molecule has 0 aliphatic rings. The van der Waals surface area contributed by atoms with Crippen LogP contribution in [-0.4, -0.2) is 23.9 Å². The van der Waals surface area contributed by atoms with Crippen molar-refractivity contribution in [1.29, 1.82) is 0 Å². The molecule has 0 aromatic heterocycles. The van der Waals surface area contributed by atoms with Crippen molar-refractivity contribution in [2.75, 3.05) is 18.4 Å². The zero-order valence-electron chi connectivity index (χ0n) is 15.3. The van der Waals surface area contributed by atoms with E-state index in [1.54, 1.807) is 0 Å². The van der Waals surface area contributed by atoms with Crippen LogP contribution in [0.5, 0.6) is 0 Å². The lowest BCUT2D eigenvalue weighted by molar-refractivity contribution is 0.296. The maximum Gasteiger partial charge on any atom is 0.193 e. The van der Waals surface area contributed by atoms with Gasteiger partial charge in [0.15, 0.2) is 5.96 Å². The molecule has 0 heterocycles. The molecule has 0 spiro atoms. The Balaban J connectivity index is 0.00000312. The van der Waals surface area contributed by atoms with Crippen molar-refractivity contribution < 1.29 is 0 Å². The molecule has 0 unspecified atom stereocenters. The molecule has 2 rings (SSSR count). The number of aliphatic imine (C=N–C) groups is 1. The third kappa shape index (κ3) is 7.44.